The Morgan fingerprint density at radius 3 is 1.12 bits per heavy atom. The van der Waals surface area contributed by atoms with Crippen molar-refractivity contribution in [2.75, 3.05) is 9.80 Å². The Hall–Kier alpha value is -6.16. The van der Waals surface area contributed by atoms with E-state index in [4.69, 9.17) is 18.6 Å². The monoisotopic (exact) mass is 903 g/mol. The van der Waals surface area contributed by atoms with Crippen molar-refractivity contribution in [3.8, 4) is 5.69 Å². The number of anilines is 6. The lowest BCUT2D eigenvalue weighted by atomic mass is 9.79. The van der Waals surface area contributed by atoms with Gasteiger partial charge in [0.2, 0.25) is 0 Å². The molecule has 0 aliphatic carbocycles. The van der Waals surface area contributed by atoms with Crippen molar-refractivity contribution in [2.24, 2.45) is 0 Å². The van der Waals surface area contributed by atoms with E-state index >= 15 is 0 Å². The number of hydrogen-bond acceptors (Lipinski definition) is 6. The summed E-state index contributed by atoms with van der Waals surface area (Å²) >= 11 is 0. The Kier molecular flexibility index (Phi) is 11.1. The molecule has 68 heavy (non-hydrogen) atoms. The second-order valence-electron chi connectivity index (χ2n) is 20.8. The van der Waals surface area contributed by atoms with Gasteiger partial charge < -0.3 is 33.0 Å². The van der Waals surface area contributed by atoms with Crippen LogP contribution in [0, 0.1) is 33.5 Å². The summed E-state index contributed by atoms with van der Waals surface area (Å²) < 4.78 is 42.5. The fourth-order valence-electron chi connectivity index (χ4n) is 9.63. The third-order valence-corrected chi connectivity index (χ3v) is 14.9. The highest BCUT2D eigenvalue weighted by atomic mass is 19.1. The molecule has 0 unspecified atom stereocenters. The average Bonchev–Trinajstić information content (AvgIpc) is 3.82. The van der Waals surface area contributed by atoms with Crippen LogP contribution < -0.4 is 20.7 Å². The largest absolute Gasteiger partial charge is 0.494 e. The van der Waals surface area contributed by atoms with Gasteiger partial charge in [-0.1, -0.05) is 59.7 Å². The molecule has 2 aliphatic heterocycles. The topological polar surface area (TPSA) is 48.3 Å². The molecule has 0 atom stereocenters. The number of benzene rings is 7. The molecule has 3 heterocycles. The highest BCUT2D eigenvalue weighted by Crippen LogP contribution is 2.45. The number of hydrogen-bond donors (Lipinski definition) is 0. The highest BCUT2D eigenvalue weighted by Gasteiger charge is 2.52. The van der Waals surface area contributed by atoms with Crippen LogP contribution in [0.25, 0.3) is 27.5 Å². The van der Waals surface area contributed by atoms with Crippen LogP contribution in [0.2, 0.25) is 0 Å². The lowest BCUT2D eigenvalue weighted by Gasteiger charge is -2.32. The first-order valence-corrected chi connectivity index (χ1v) is 23.7. The Morgan fingerprint density at radius 1 is 0.412 bits per heavy atom. The fourth-order valence-corrected chi connectivity index (χ4v) is 9.63. The number of nitrogens with zero attached hydrogens (tertiary/aromatic N) is 3. The summed E-state index contributed by atoms with van der Waals surface area (Å²) in [4.78, 5) is 4.66. The third kappa shape index (κ3) is 7.91. The zero-order chi connectivity index (χ0) is 48.1. The highest BCUT2D eigenvalue weighted by molar-refractivity contribution is 6.62. The van der Waals surface area contributed by atoms with Gasteiger partial charge in [-0.05, 0) is 202 Å². The molecule has 10 rings (SSSR count). The number of aryl methyl sites for hydroxylation is 4. The van der Waals surface area contributed by atoms with Crippen LogP contribution in [0.4, 0.5) is 38.5 Å². The zero-order valence-corrected chi connectivity index (χ0v) is 41.4. The molecule has 2 aliphatic rings. The van der Waals surface area contributed by atoms with Gasteiger partial charge in [0.1, 0.15) is 5.82 Å². The van der Waals surface area contributed by atoms with E-state index in [0.717, 1.165) is 83.7 Å². The van der Waals surface area contributed by atoms with E-state index in [-0.39, 0.29) is 5.82 Å². The maximum absolute atomic E-state index is 14.5. The smallest absolute Gasteiger partial charge is 0.399 e. The van der Waals surface area contributed by atoms with Crippen molar-refractivity contribution in [1.29, 1.82) is 0 Å². The van der Waals surface area contributed by atoms with E-state index < -0.39 is 36.6 Å². The van der Waals surface area contributed by atoms with Crippen LogP contribution in [0.5, 0.6) is 0 Å². The molecule has 0 radical (unpaired) electrons. The molecule has 2 saturated heterocycles. The van der Waals surface area contributed by atoms with Gasteiger partial charge >= 0.3 is 14.2 Å². The standard InChI is InChI=1S/C58H60B2FN3O4/c1-37-13-29-51(39(3)33-37)62(44-21-15-41(16-22-44)59-65-55(5,6)56(7,8)66-59)47-27-31-53-49(35-47)50-36-48(28-32-54(50)64(53)46-25-19-43(61)20-26-46)63(52-30-14-38(2)34-40(52)4)45-23-17-42(18-24-45)60-67-57(9,10)58(11,12)68-60/h13-36H,1-12H3. The van der Waals surface area contributed by atoms with Crippen LogP contribution in [-0.2, 0) is 18.6 Å². The Labute approximate surface area is 401 Å². The summed E-state index contributed by atoms with van der Waals surface area (Å²) in [7, 11) is -0.939. The maximum atomic E-state index is 14.5. The summed E-state index contributed by atoms with van der Waals surface area (Å²) in [5.41, 5.74) is 13.9. The lowest BCUT2D eigenvalue weighted by molar-refractivity contribution is 0.00578. The summed E-state index contributed by atoms with van der Waals surface area (Å²) in [6.07, 6.45) is 0. The number of aromatic nitrogens is 1. The van der Waals surface area contributed by atoms with Crippen LogP contribution in [0.1, 0.15) is 77.6 Å². The van der Waals surface area contributed by atoms with Crippen molar-refractivity contribution < 1.29 is 23.0 Å². The first-order valence-electron chi connectivity index (χ1n) is 23.7. The van der Waals surface area contributed by atoms with Gasteiger partial charge in [0.25, 0.3) is 0 Å². The van der Waals surface area contributed by atoms with Gasteiger partial charge in [-0.25, -0.2) is 4.39 Å². The molecule has 0 spiro atoms. The van der Waals surface area contributed by atoms with Crippen LogP contribution >= 0.6 is 0 Å². The quantitative estimate of drug-likeness (QED) is 0.135. The first-order chi connectivity index (χ1) is 32.2. The molecule has 8 aromatic rings. The molecular weight excluding hydrogens is 843 g/mol. The lowest BCUT2D eigenvalue weighted by Crippen LogP contribution is -2.41. The van der Waals surface area contributed by atoms with Crippen molar-refractivity contribution in [3.05, 3.63) is 174 Å². The number of halogens is 1. The molecule has 7 aromatic carbocycles. The van der Waals surface area contributed by atoms with Crippen LogP contribution in [0.15, 0.2) is 146 Å². The molecule has 344 valence electrons. The van der Waals surface area contributed by atoms with E-state index in [1.54, 1.807) is 0 Å². The number of rotatable bonds is 9. The molecule has 0 bridgehead atoms. The van der Waals surface area contributed by atoms with Crippen LogP contribution in [0.3, 0.4) is 0 Å². The minimum atomic E-state index is -0.469. The Morgan fingerprint density at radius 2 is 0.765 bits per heavy atom. The van der Waals surface area contributed by atoms with Gasteiger partial charge in [-0.2, -0.15) is 0 Å². The van der Waals surface area contributed by atoms with E-state index in [0.29, 0.717) is 0 Å². The molecule has 0 N–H and O–H groups in total. The van der Waals surface area contributed by atoms with Gasteiger partial charge in [-0.3, -0.25) is 0 Å². The van der Waals surface area contributed by atoms with Gasteiger partial charge in [0.05, 0.1) is 33.4 Å². The van der Waals surface area contributed by atoms with E-state index in [9.17, 15) is 4.39 Å². The summed E-state index contributed by atoms with van der Waals surface area (Å²) in [5, 5.41) is 2.12. The van der Waals surface area contributed by atoms with Crippen LogP contribution in [-0.4, -0.2) is 41.2 Å². The molecule has 2 fully saturated rings. The number of fused-ring (bicyclic) bond motifs is 3. The molecule has 1 aromatic heterocycles. The fraction of sp³-hybridized carbons (Fsp3) is 0.276. The zero-order valence-electron chi connectivity index (χ0n) is 41.4. The van der Waals surface area contributed by atoms with Crippen molar-refractivity contribution >= 4 is 81.1 Å². The summed E-state index contributed by atoms with van der Waals surface area (Å²) in [6, 6.07) is 50.4. The Bertz CT molecular complexity index is 2990. The van der Waals surface area contributed by atoms with Gasteiger partial charge in [-0.15, -0.1) is 0 Å². The molecule has 0 saturated carbocycles. The predicted molar refractivity (Wildman–Crippen MR) is 280 cm³/mol. The summed E-state index contributed by atoms with van der Waals surface area (Å²) in [5.74, 6) is -0.277. The van der Waals surface area contributed by atoms with Crippen molar-refractivity contribution in [2.45, 2.75) is 105 Å². The van der Waals surface area contributed by atoms with Crippen molar-refractivity contribution in [1.82, 2.24) is 4.57 Å². The molecule has 7 nitrogen and oxygen atoms in total. The average molecular weight is 904 g/mol. The minimum absolute atomic E-state index is 0.277. The summed E-state index contributed by atoms with van der Waals surface area (Å²) in [6.45, 7) is 25.2. The van der Waals surface area contributed by atoms with Crippen molar-refractivity contribution in [3.63, 3.8) is 0 Å². The first kappa shape index (κ1) is 45.6. The minimum Gasteiger partial charge on any atom is -0.399 e. The van der Waals surface area contributed by atoms with E-state index in [1.807, 2.05) is 12.1 Å². The second-order valence-corrected chi connectivity index (χ2v) is 20.8. The predicted octanol–water partition coefficient (Wildman–Crippen LogP) is 13.7. The SMILES string of the molecule is Cc1ccc(N(c2ccc(B3OC(C)(C)C(C)(C)O3)cc2)c2ccc3c(c2)c2cc(N(c4ccc(B5OC(C)(C)C(C)(C)O5)cc4)c4ccc(C)cc4C)ccc2n3-c2ccc(F)cc2)c(C)c1. The van der Waals surface area contributed by atoms with Gasteiger partial charge in [0, 0.05) is 50.6 Å². The van der Waals surface area contributed by atoms with E-state index in [1.165, 1.54) is 23.3 Å². The van der Waals surface area contributed by atoms with Gasteiger partial charge in [0.15, 0.2) is 0 Å². The normalized spacial score (nSPS) is 17.1. The molecule has 0 amide bonds. The second kappa shape index (κ2) is 16.5. The third-order valence-electron chi connectivity index (χ3n) is 14.9. The molecular formula is C58H60B2FN3O4. The van der Waals surface area contributed by atoms with E-state index in [2.05, 4.69) is 219 Å². The Balaban J connectivity index is 1.14. The molecule has 10 heteroatoms. The maximum Gasteiger partial charge on any atom is 0.494 e.